The summed E-state index contributed by atoms with van der Waals surface area (Å²) >= 11 is 23.2. The van der Waals surface area contributed by atoms with Crippen LogP contribution < -0.4 is 10.9 Å². The minimum Gasteiger partial charge on any atom is -0.273 e. The van der Waals surface area contributed by atoms with Gasteiger partial charge in [0.15, 0.2) is 0 Å². The van der Waals surface area contributed by atoms with E-state index in [-0.39, 0.29) is 26.7 Å². The number of halogens is 11. The Morgan fingerprint density at radius 3 is 1.97 bits per heavy atom. The summed E-state index contributed by atoms with van der Waals surface area (Å²) in [6, 6.07) is 4.51. The third-order valence-electron chi connectivity index (χ3n) is 4.47. The quantitative estimate of drug-likeness (QED) is 0.200. The van der Waals surface area contributed by atoms with Gasteiger partial charge in [-0.15, -0.1) is 0 Å². The molecule has 0 aliphatic carbocycles. The van der Waals surface area contributed by atoms with Gasteiger partial charge >= 0.3 is 12.4 Å². The molecule has 36 heavy (non-hydrogen) atoms. The van der Waals surface area contributed by atoms with E-state index in [0.29, 0.717) is 0 Å². The number of carbonyl (C=O) groups excluding carboxylic acids is 2. The van der Waals surface area contributed by atoms with Crippen LogP contribution in [0.5, 0.6) is 0 Å². The summed E-state index contributed by atoms with van der Waals surface area (Å²) in [7, 11) is 0. The molecular formula is C21H13Cl4F7N2O2. The Morgan fingerprint density at radius 1 is 0.889 bits per heavy atom. The summed E-state index contributed by atoms with van der Waals surface area (Å²) in [5.74, 6) is -6.02. The normalized spacial score (nSPS) is 13.4. The number of carbonyl (C=O) groups is 2. The first kappa shape index (κ1) is 30.0. The Kier molecular flexibility index (Phi) is 9.91. The molecule has 2 amide bonds. The number of amides is 2. The predicted molar refractivity (Wildman–Crippen MR) is 122 cm³/mol. The summed E-state index contributed by atoms with van der Waals surface area (Å²) in [5, 5.41) is -1.14. The maximum atomic E-state index is 14.8. The van der Waals surface area contributed by atoms with Gasteiger partial charge in [-0.25, -0.2) is 4.39 Å². The predicted octanol–water partition coefficient (Wildman–Crippen LogP) is 8.06. The standard InChI is InChI=1S/C21H13Cl4F7N2O2/c22-13-5-9(1-2-11(13)19(36)34-33-17(35)3-4-20(27,28)29)16(26)8-12(21(30,31)32)10-6-14(23)18(25)15(24)7-10/h1-2,5-8,12H,3-4H2,(H,33,35)(H,34,36). The number of hydrogen-bond acceptors (Lipinski definition) is 2. The molecule has 15 heteroatoms. The molecule has 196 valence electrons. The molecule has 0 saturated carbocycles. The highest BCUT2D eigenvalue weighted by Gasteiger charge is 2.40. The number of hydrazine groups is 1. The lowest BCUT2D eigenvalue weighted by Crippen LogP contribution is -2.42. The first-order valence-electron chi connectivity index (χ1n) is 9.54. The molecule has 4 nitrogen and oxygen atoms in total. The molecule has 0 spiro atoms. The molecule has 0 aliphatic rings. The zero-order valence-electron chi connectivity index (χ0n) is 17.4. The van der Waals surface area contributed by atoms with E-state index in [1.165, 1.54) is 0 Å². The van der Waals surface area contributed by atoms with E-state index in [1.807, 2.05) is 5.43 Å². The fourth-order valence-electron chi connectivity index (χ4n) is 2.74. The molecule has 0 saturated heterocycles. The van der Waals surface area contributed by atoms with E-state index < -0.39 is 64.9 Å². The minimum absolute atomic E-state index is 0.176. The summed E-state index contributed by atoms with van der Waals surface area (Å²) in [6.45, 7) is 0. The summed E-state index contributed by atoms with van der Waals surface area (Å²) in [4.78, 5) is 23.5. The van der Waals surface area contributed by atoms with E-state index in [1.54, 1.807) is 5.43 Å². The van der Waals surface area contributed by atoms with Crippen LogP contribution in [0.15, 0.2) is 36.4 Å². The van der Waals surface area contributed by atoms with Crippen LogP contribution in [-0.2, 0) is 4.79 Å². The van der Waals surface area contributed by atoms with Gasteiger partial charge < -0.3 is 0 Å². The summed E-state index contributed by atoms with van der Waals surface area (Å²) < 4.78 is 92.2. The van der Waals surface area contributed by atoms with Crippen molar-refractivity contribution in [1.29, 1.82) is 0 Å². The second-order valence-electron chi connectivity index (χ2n) is 7.14. The number of rotatable bonds is 6. The molecule has 2 aromatic carbocycles. The minimum atomic E-state index is -4.95. The lowest BCUT2D eigenvalue weighted by atomic mass is 9.96. The molecule has 0 aromatic heterocycles. The van der Waals surface area contributed by atoms with Gasteiger partial charge in [0.25, 0.3) is 5.91 Å². The summed E-state index contributed by atoms with van der Waals surface area (Å²) in [6.07, 6.45) is -11.6. The third-order valence-corrected chi connectivity index (χ3v) is 5.98. The zero-order chi connectivity index (χ0) is 27.4. The molecule has 2 rings (SSSR count). The molecule has 0 heterocycles. The van der Waals surface area contributed by atoms with Gasteiger partial charge in [-0.2, -0.15) is 26.3 Å². The molecule has 0 fully saturated rings. The molecular weight excluding hydrogens is 587 g/mol. The van der Waals surface area contributed by atoms with Crippen LogP contribution in [-0.4, -0.2) is 24.2 Å². The maximum absolute atomic E-state index is 14.8. The highest BCUT2D eigenvalue weighted by molar-refractivity contribution is 6.48. The van der Waals surface area contributed by atoms with E-state index in [2.05, 4.69) is 0 Å². The third kappa shape index (κ3) is 8.43. The van der Waals surface area contributed by atoms with E-state index in [9.17, 15) is 40.3 Å². The SMILES string of the molecule is O=C(CCC(F)(F)F)NNC(=O)c1ccc(C(F)=CC(c2cc(Cl)c(Cl)c(Cl)c2)C(F)(F)F)cc1Cl. The van der Waals surface area contributed by atoms with E-state index in [0.717, 1.165) is 30.3 Å². The molecule has 0 radical (unpaired) electrons. The van der Waals surface area contributed by atoms with Crippen molar-refractivity contribution < 1.29 is 40.3 Å². The van der Waals surface area contributed by atoms with Gasteiger partial charge in [-0.05, 0) is 35.9 Å². The van der Waals surface area contributed by atoms with Gasteiger partial charge in [0, 0.05) is 12.0 Å². The van der Waals surface area contributed by atoms with Crippen LogP contribution in [0.4, 0.5) is 30.7 Å². The molecule has 1 unspecified atom stereocenters. The Hall–Kier alpha value is -2.21. The van der Waals surface area contributed by atoms with Gasteiger partial charge in [0.2, 0.25) is 5.91 Å². The molecule has 1 atom stereocenters. The lowest BCUT2D eigenvalue weighted by Gasteiger charge is -2.19. The van der Waals surface area contributed by atoms with E-state index in [4.69, 9.17) is 46.4 Å². The van der Waals surface area contributed by atoms with Crippen molar-refractivity contribution in [3.63, 3.8) is 0 Å². The largest absolute Gasteiger partial charge is 0.399 e. The molecule has 0 bridgehead atoms. The van der Waals surface area contributed by atoms with Crippen LogP contribution in [0.2, 0.25) is 20.1 Å². The second kappa shape index (κ2) is 11.9. The van der Waals surface area contributed by atoms with Crippen molar-refractivity contribution in [1.82, 2.24) is 10.9 Å². The van der Waals surface area contributed by atoms with Crippen molar-refractivity contribution in [3.05, 3.63) is 73.2 Å². The van der Waals surface area contributed by atoms with Crippen molar-refractivity contribution >= 4 is 64.0 Å². The first-order chi connectivity index (χ1) is 16.5. The van der Waals surface area contributed by atoms with Gasteiger partial charge in [0.1, 0.15) is 11.7 Å². The summed E-state index contributed by atoms with van der Waals surface area (Å²) in [5.41, 5.74) is 2.33. The smallest absolute Gasteiger partial charge is 0.273 e. The van der Waals surface area contributed by atoms with Gasteiger partial charge in [-0.1, -0.05) is 52.5 Å². The Balaban J connectivity index is 2.23. The van der Waals surface area contributed by atoms with Gasteiger partial charge in [-0.3, -0.25) is 20.4 Å². The van der Waals surface area contributed by atoms with Crippen LogP contribution in [0.25, 0.3) is 5.83 Å². The average molecular weight is 600 g/mol. The number of allylic oxidation sites excluding steroid dienone is 1. The zero-order valence-corrected chi connectivity index (χ0v) is 20.5. The fourth-order valence-corrected chi connectivity index (χ4v) is 3.62. The topological polar surface area (TPSA) is 58.2 Å². The maximum Gasteiger partial charge on any atom is 0.399 e. The van der Waals surface area contributed by atoms with Crippen LogP contribution in [0, 0.1) is 0 Å². The van der Waals surface area contributed by atoms with Crippen LogP contribution in [0.3, 0.4) is 0 Å². The number of benzene rings is 2. The Bertz CT molecular complexity index is 1160. The Morgan fingerprint density at radius 2 is 1.47 bits per heavy atom. The highest BCUT2D eigenvalue weighted by Crippen LogP contribution is 2.42. The first-order valence-corrected chi connectivity index (χ1v) is 11.0. The fraction of sp³-hybridized carbons (Fsp3) is 0.238. The van der Waals surface area contributed by atoms with Crippen LogP contribution >= 0.6 is 46.4 Å². The monoisotopic (exact) mass is 598 g/mol. The average Bonchev–Trinajstić information content (AvgIpc) is 2.76. The molecule has 0 aliphatic heterocycles. The van der Waals surface area contributed by atoms with Gasteiger partial charge in [0.05, 0.1) is 32.1 Å². The Labute approximate surface area is 219 Å². The number of alkyl halides is 6. The number of nitrogens with one attached hydrogen (secondary N) is 2. The highest BCUT2D eigenvalue weighted by atomic mass is 35.5. The van der Waals surface area contributed by atoms with Crippen molar-refractivity contribution in [2.75, 3.05) is 0 Å². The van der Waals surface area contributed by atoms with E-state index >= 15 is 0 Å². The second-order valence-corrected chi connectivity index (χ2v) is 8.74. The molecule has 2 N–H and O–H groups in total. The van der Waals surface area contributed by atoms with Crippen molar-refractivity contribution in [2.45, 2.75) is 31.1 Å². The van der Waals surface area contributed by atoms with Crippen LogP contribution in [0.1, 0.15) is 40.2 Å². The number of hydrogen-bond donors (Lipinski definition) is 2. The van der Waals surface area contributed by atoms with Crippen molar-refractivity contribution in [3.8, 4) is 0 Å². The van der Waals surface area contributed by atoms with Crippen molar-refractivity contribution in [2.24, 2.45) is 0 Å². The molecule has 2 aromatic rings. The lowest BCUT2D eigenvalue weighted by molar-refractivity contribution is -0.144.